The maximum Gasteiger partial charge on any atom is 0.0610 e. The number of aliphatic hydroxyl groups excluding tert-OH is 1. The van der Waals surface area contributed by atoms with Crippen LogP contribution in [0.25, 0.3) is 0 Å². The molecule has 1 atom stereocenters. The molecule has 0 bridgehead atoms. The molecule has 0 spiro atoms. The largest absolute Gasteiger partial charge is 0.394 e. The average molecular weight is 219 g/mol. The van der Waals surface area contributed by atoms with Crippen LogP contribution in [0.5, 0.6) is 0 Å². The first-order chi connectivity index (χ1) is 6.68. The molecule has 1 unspecified atom stereocenters. The smallest absolute Gasteiger partial charge is 0.0610 e. The Morgan fingerprint density at radius 2 is 2.00 bits per heavy atom. The molecule has 86 valence electrons. The van der Waals surface area contributed by atoms with Gasteiger partial charge in [0.15, 0.2) is 0 Å². The number of rotatable bonds is 9. The van der Waals surface area contributed by atoms with E-state index in [0.717, 1.165) is 13.0 Å². The molecule has 2 N–H and O–H groups in total. The standard InChI is InChI=1S/C11H25NOS/c1-4-8-14-9-6-7-11(3,10-13)12-5-2/h12-13H,4-10H2,1-3H3. The number of nitrogens with one attached hydrogen (secondary N) is 1. The fourth-order valence-corrected chi connectivity index (χ4v) is 2.30. The maximum absolute atomic E-state index is 9.25. The molecule has 0 aliphatic rings. The molecule has 3 heteroatoms. The lowest BCUT2D eigenvalue weighted by molar-refractivity contribution is 0.167. The fourth-order valence-electron chi connectivity index (χ4n) is 1.46. The summed E-state index contributed by atoms with van der Waals surface area (Å²) in [6.07, 6.45) is 3.51. The van der Waals surface area contributed by atoms with Crippen LogP contribution < -0.4 is 5.32 Å². The second kappa shape index (κ2) is 8.57. The zero-order valence-electron chi connectivity index (χ0n) is 9.81. The van der Waals surface area contributed by atoms with Gasteiger partial charge < -0.3 is 10.4 Å². The molecule has 0 amide bonds. The highest BCUT2D eigenvalue weighted by molar-refractivity contribution is 7.99. The van der Waals surface area contributed by atoms with Crippen molar-refractivity contribution in [3.63, 3.8) is 0 Å². The number of likely N-dealkylation sites (N-methyl/N-ethyl adjacent to an activating group) is 1. The fraction of sp³-hybridized carbons (Fsp3) is 1.00. The van der Waals surface area contributed by atoms with Gasteiger partial charge in [-0.25, -0.2) is 0 Å². The van der Waals surface area contributed by atoms with Gasteiger partial charge in [0.05, 0.1) is 6.61 Å². The maximum atomic E-state index is 9.25. The SMILES string of the molecule is CCCSCCCC(C)(CO)NCC. The molecule has 2 nitrogen and oxygen atoms in total. The van der Waals surface area contributed by atoms with E-state index in [4.69, 9.17) is 0 Å². The Morgan fingerprint density at radius 1 is 1.29 bits per heavy atom. The van der Waals surface area contributed by atoms with Crippen molar-refractivity contribution >= 4 is 11.8 Å². The van der Waals surface area contributed by atoms with Gasteiger partial charge >= 0.3 is 0 Å². The third-order valence-electron chi connectivity index (χ3n) is 2.32. The van der Waals surface area contributed by atoms with E-state index in [1.165, 1.54) is 24.3 Å². The highest BCUT2D eigenvalue weighted by Crippen LogP contribution is 2.14. The van der Waals surface area contributed by atoms with Crippen molar-refractivity contribution in [2.24, 2.45) is 0 Å². The van der Waals surface area contributed by atoms with Crippen LogP contribution in [-0.2, 0) is 0 Å². The molecule has 0 aliphatic heterocycles. The third-order valence-corrected chi connectivity index (χ3v) is 3.59. The summed E-state index contributed by atoms with van der Waals surface area (Å²) >= 11 is 2.01. The van der Waals surface area contributed by atoms with Crippen LogP contribution in [0.2, 0.25) is 0 Å². The van der Waals surface area contributed by atoms with Gasteiger partial charge in [0, 0.05) is 5.54 Å². The van der Waals surface area contributed by atoms with Gasteiger partial charge in [-0.05, 0) is 44.2 Å². The Kier molecular flexibility index (Phi) is 8.73. The summed E-state index contributed by atoms with van der Waals surface area (Å²) in [5.74, 6) is 2.48. The summed E-state index contributed by atoms with van der Waals surface area (Å²) in [5, 5.41) is 12.6. The van der Waals surface area contributed by atoms with Crippen molar-refractivity contribution in [2.45, 2.75) is 45.6 Å². The Labute approximate surface area is 92.9 Å². The molecular formula is C11H25NOS. The molecule has 0 aromatic rings. The molecule has 0 rings (SSSR count). The first-order valence-electron chi connectivity index (χ1n) is 5.62. The molecule has 0 fully saturated rings. The van der Waals surface area contributed by atoms with Crippen LogP contribution in [0.3, 0.4) is 0 Å². The van der Waals surface area contributed by atoms with Gasteiger partial charge in [-0.1, -0.05) is 13.8 Å². The lowest BCUT2D eigenvalue weighted by Gasteiger charge is -2.28. The van der Waals surface area contributed by atoms with Gasteiger partial charge in [-0.2, -0.15) is 11.8 Å². The van der Waals surface area contributed by atoms with Crippen molar-refractivity contribution < 1.29 is 5.11 Å². The number of hydrogen-bond donors (Lipinski definition) is 2. The molecule has 0 aromatic heterocycles. The van der Waals surface area contributed by atoms with Gasteiger partial charge in [0.2, 0.25) is 0 Å². The van der Waals surface area contributed by atoms with Crippen molar-refractivity contribution in [1.82, 2.24) is 5.32 Å². The van der Waals surface area contributed by atoms with Crippen molar-refractivity contribution in [1.29, 1.82) is 0 Å². The first-order valence-corrected chi connectivity index (χ1v) is 6.77. The van der Waals surface area contributed by atoms with Crippen molar-refractivity contribution in [3.05, 3.63) is 0 Å². The second-order valence-corrected chi connectivity index (χ2v) is 5.19. The van der Waals surface area contributed by atoms with E-state index in [9.17, 15) is 5.11 Å². The Balaban J connectivity index is 3.51. The average Bonchev–Trinajstić information content (AvgIpc) is 2.18. The molecule has 0 saturated heterocycles. The third kappa shape index (κ3) is 6.68. The number of aliphatic hydroxyl groups is 1. The molecular weight excluding hydrogens is 194 g/mol. The summed E-state index contributed by atoms with van der Waals surface area (Å²) in [6, 6.07) is 0. The van der Waals surface area contributed by atoms with Gasteiger partial charge in [0.1, 0.15) is 0 Å². The van der Waals surface area contributed by atoms with Crippen LogP contribution in [0.1, 0.15) is 40.0 Å². The van der Waals surface area contributed by atoms with E-state index >= 15 is 0 Å². The van der Waals surface area contributed by atoms with Crippen molar-refractivity contribution in [3.8, 4) is 0 Å². The van der Waals surface area contributed by atoms with Crippen molar-refractivity contribution in [2.75, 3.05) is 24.7 Å². The van der Waals surface area contributed by atoms with E-state index in [1.54, 1.807) is 0 Å². The van der Waals surface area contributed by atoms with Crippen LogP contribution in [0, 0.1) is 0 Å². The molecule has 0 aromatic carbocycles. The second-order valence-electron chi connectivity index (χ2n) is 3.97. The zero-order chi connectivity index (χ0) is 10.9. The van der Waals surface area contributed by atoms with Crippen LogP contribution in [-0.4, -0.2) is 35.3 Å². The predicted molar refractivity (Wildman–Crippen MR) is 66.0 cm³/mol. The van der Waals surface area contributed by atoms with E-state index in [1.807, 2.05) is 11.8 Å². The quantitative estimate of drug-likeness (QED) is 0.584. The van der Waals surface area contributed by atoms with Gasteiger partial charge in [0.25, 0.3) is 0 Å². The topological polar surface area (TPSA) is 32.3 Å². The minimum atomic E-state index is -0.0679. The summed E-state index contributed by atoms with van der Waals surface area (Å²) in [6.45, 7) is 7.56. The summed E-state index contributed by atoms with van der Waals surface area (Å²) in [5.41, 5.74) is -0.0679. The number of hydrogen-bond acceptors (Lipinski definition) is 3. The molecule has 0 aliphatic carbocycles. The summed E-state index contributed by atoms with van der Waals surface area (Å²) in [7, 11) is 0. The Hall–Kier alpha value is 0.270. The molecule has 0 saturated carbocycles. The van der Waals surface area contributed by atoms with E-state index in [2.05, 4.69) is 26.1 Å². The van der Waals surface area contributed by atoms with E-state index in [-0.39, 0.29) is 12.1 Å². The number of thioether (sulfide) groups is 1. The highest BCUT2D eigenvalue weighted by atomic mass is 32.2. The van der Waals surface area contributed by atoms with Crippen LogP contribution in [0.15, 0.2) is 0 Å². The summed E-state index contributed by atoms with van der Waals surface area (Å²) < 4.78 is 0. The van der Waals surface area contributed by atoms with E-state index < -0.39 is 0 Å². The molecule has 14 heavy (non-hydrogen) atoms. The van der Waals surface area contributed by atoms with Gasteiger partial charge in [-0.15, -0.1) is 0 Å². The molecule has 0 radical (unpaired) electrons. The highest BCUT2D eigenvalue weighted by Gasteiger charge is 2.20. The Bertz CT molecular complexity index is 132. The molecule has 0 heterocycles. The summed E-state index contributed by atoms with van der Waals surface area (Å²) in [4.78, 5) is 0. The lowest BCUT2D eigenvalue weighted by Crippen LogP contribution is -2.45. The lowest BCUT2D eigenvalue weighted by atomic mass is 9.97. The zero-order valence-corrected chi connectivity index (χ0v) is 10.6. The Morgan fingerprint density at radius 3 is 2.50 bits per heavy atom. The normalized spacial score (nSPS) is 15.4. The minimum absolute atomic E-state index is 0.0679. The van der Waals surface area contributed by atoms with E-state index in [0.29, 0.717) is 0 Å². The monoisotopic (exact) mass is 219 g/mol. The minimum Gasteiger partial charge on any atom is -0.394 e. The first kappa shape index (κ1) is 14.3. The van der Waals surface area contributed by atoms with Crippen LogP contribution >= 0.6 is 11.8 Å². The predicted octanol–water partition coefficient (Wildman–Crippen LogP) is 2.27. The van der Waals surface area contributed by atoms with Gasteiger partial charge in [-0.3, -0.25) is 0 Å². The van der Waals surface area contributed by atoms with Crippen LogP contribution in [0.4, 0.5) is 0 Å².